The van der Waals surface area contributed by atoms with Crippen LogP contribution >= 0.6 is 0 Å². The van der Waals surface area contributed by atoms with Crippen LogP contribution in [0.25, 0.3) is 0 Å². The first-order valence-electron chi connectivity index (χ1n) is 5.45. The van der Waals surface area contributed by atoms with Crippen molar-refractivity contribution in [3.63, 3.8) is 0 Å². The zero-order valence-electron chi connectivity index (χ0n) is 9.08. The summed E-state index contributed by atoms with van der Waals surface area (Å²) in [6.07, 6.45) is 4.33. The minimum atomic E-state index is 0.808. The summed E-state index contributed by atoms with van der Waals surface area (Å²) in [5.41, 5.74) is 1.17. The normalized spacial score (nSPS) is 32.4. The molecule has 2 unspecified atom stereocenters. The molecule has 0 N–H and O–H groups in total. The third-order valence-corrected chi connectivity index (χ3v) is 3.64. The van der Waals surface area contributed by atoms with Gasteiger partial charge in [0.25, 0.3) is 0 Å². The second-order valence-corrected chi connectivity index (χ2v) is 4.59. The number of fused-ring (bicyclic) bond motifs is 2. The largest absolute Gasteiger partial charge is 0.301 e. The maximum Gasteiger partial charge on any atom is 0.0239 e. The molecule has 2 fully saturated rings. The second-order valence-electron chi connectivity index (χ2n) is 4.59. The van der Waals surface area contributed by atoms with E-state index in [0.717, 1.165) is 18.5 Å². The molecule has 0 amide bonds. The van der Waals surface area contributed by atoms with Crippen LogP contribution in [0.1, 0.15) is 12.8 Å². The first-order chi connectivity index (χ1) is 6.70. The molecule has 2 atom stereocenters. The average Bonchev–Trinajstić information content (AvgIpc) is 2.72. The maximum atomic E-state index is 3.96. The lowest BCUT2D eigenvalue weighted by Crippen LogP contribution is -2.44. The number of nitrogens with zero attached hydrogens (tertiary/aromatic N) is 2. The molecular weight excluding hydrogens is 172 g/mol. The van der Waals surface area contributed by atoms with Gasteiger partial charge in [0.2, 0.25) is 0 Å². The van der Waals surface area contributed by atoms with Gasteiger partial charge >= 0.3 is 0 Å². The SMILES string of the molecule is C=CC(=C)CCN1CC2CC1CN2C. The summed E-state index contributed by atoms with van der Waals surface area (Å²) in [5.74, 6) is 0. The van der Waals surface area contributed by atoms with E-state index >= 15 is 0 Å². The number of hydrogen-bond acceptors (Lipinski definition) is 2. The molecule has 2 bridgehead atoms. The lowest BCUT2D eigenvalue weighted by atomic mass is 10.2. The van der Waals surface area contributed by atoms with Crippen molar-refractivity contribution in [3.05, 3.63) is 24.8 Å². The Hall–Kier alpha value is -0.600. The van der Waals surface area contributed by atoms with E-state index in [1.165, 1.54) is 31.6 Å². The van der Waals surface area contributed by atoms with E-state index in [-0.39, 0.29) is 0 Å². The van der Waals surface area contributed by atoms with Gasteiger partial charge in [0, 0.05) is 31.7 Å². The van der Waals surface area contributed by atoms with E-state index in [2.05, 4.69) is 30.0 Å². The highest BCUT2D eigenvalue weighted by Crippen LogP contribution is 2.29. The van der Waals surface area contributed by atoms with Gasteiger partial charge in [-0.1, -0.05) is 24.8 Å². The summed E-state index contributed by atoms with van der Waals surface area (Å²) < 4.78 is 0. The molecule has 2 saturated heterocycles. The van der Waals surface area contributed by atoms with E-state index in [4.69, 9.17) is 0 Å². The van der Waals surface area contributed by atoms with Gasteiger partial charge < -0.3 is 4.90 Å². The molecule has 2 nitrogen and oxygen atoms in total. The van der Waals surface area contributed by atoms with Crippen LogP contribution in [0.15, 0.2) is 24.8 Å². The highest BCUT2D eigenvalue weighted by Gasteiger charge is 2.40. The Morgan fingerprint density at radius 3 is 2.71 bits per heavy atom. The number of rotatable bonds is 4. The van der Waals surface area contributed by atoms with Gasteiger partial charge in [0.1, 0.15) is 0 Å². The lowest BCUT2D eigenvalue weighted by molar-refractivity contribution is 0.151. The molecule has 2 aliphatic rings. The molecule has 2 rings (SSSR count). The van der Waals surface area contributed by atoms with Crippen molar-refractivity contribution in [3.8, 4) is 0 Å². The van der Waals surface area contributed by atoms with Crippen molar-refractivity contribution in [1.82, 2.24) is 9.80 Å². The minimum absolute atomic E-state index is 0.808. The predicted octanol–water partition coefficient (Wildman–Crippen LogP) is 1.51. The topological polar surface area (TPSA) is 6.48 Å². The van der Waals surface area contributed by atoms with Gasteiger partial charge in [-0.05, 0) is 19.9 Å². The van der Waals surface area contributed by atoms with Gasteiger partial charge in [0.05, 0.1) is 0 Å². The van der Waals surface area contributed by atoms with Crippen molar-refractivity contribution < 1.29 is 0 Å². The number of piperazine rings is 1. The molecule has 2 aliphatic heterocycles. The number of allylic oxidation sites excluding steroid dienone is 1. The Morgan fingerprint density at radius 1 is 1.43 bits per heavy atom. The minimum Gasteiger partial charge on any atom is -0.301 e. The number of hydrogen-bond donors (Lipinski definition) is 0. The summed E-state index contributed by atoms with van der Waals surface area (Å²) in [6.45, 7) is 11.4. The third-order valence-electron chi connectivity index (χ3n) is 3.64. The molecule has 0 aromatic carbocycles. The van der Waals surface area contributed by atoms with Crippen LogP contribution in [0, 0.1) is 0 Å². The average molecular weight is 192 g/mol. The smallest absolute Gasteiger partial charge is 0.0239 e. The summed E-state index contributed by atoms with van der Waals surface area (Å²) in [6, 6.07) is 1.62. The number of likely N-dealkylation sites (N-methyl/N-ethyl adjacent to an activating group) is 1. The van der Waals surface area contributed by atoms with Crippen LogP contribution in [-0.2, 0) is 0 Å². The van der Waals surface area contributed by atoms with E-state index in [1.54, 1.807) is 0 Å². The van der Waals surface area contributed by atoms with Gasteiger partial charge in [0.15, 0.2) is 0 Å². The molecule has 2 heteroatoms. The quantitative estimate of drug-likeness (QED) is 0.623. The number of likely N-dealkylation sites (tertiary alicyclic amines) is 2. The van der Waals surface area contributed by atoms with Crippen LogP contribution in [0.4, 0.5) is 0 Å². The summed E-state index contributed by atoms with van der Waals surface area (Å²) in [4.78, 5) is 5.10. The molecule has 0 spiro atoms. The molecule has 0 radical (unpaired) electrons. The fourth-order valence-electron chi connectivity index (χ4n) is 2.61. The Bertz CT molecular complexity index is 245. The van der Waals surface area contributed by atoms with Gasteiger partial charge in [-0.2, -0.15) is 0 Å². The summed E-state index contributed by atoms with van der Waals surface area (Å²) in [7, 11) is 2.24. The first-order valence-corrected chi connectivity index (χ1v) is 5.45. The van der Waals surface area contributed by atoms with Crippen LogP contribution < -0.4 is 0 Å². The van der Waals surface area contributed by atoms with E-state index < -0.39 is 0 Å². The van der Waals surface area contributed by atoms with Gasteiger partial charge in [-0.15, -0.1) is 0 Å². The van der Waals surface area contributed by atoms with Crippen molar-refractivity contribution in [2.75, 3.05) is 26.7 Å². The van der Waals surface area contributed by atoms with Crippen LogP contribution in [0.2, 0.25) is 0 Å². The summed E-state index contributed by atoms with van der Waals surface area (Å²) >= 11 is 0. The van der Waals surface area contributed by atoms with E-state index in [0.29, 0.717) is 0 Å². The summed E-state index contributed by atoms with van der Waals surface area (Å²) in [5, 5.41) is 0. The Balaban J connectivity index is 1.80. The molecule has 14 heavy (non-hydrogen) atoms. The van der Waals surface area contributed by atoms with Crippen molar-refractivity contribution >= 4 is 0 Å². The molecule has 0 aliphatic carbocycles. The van der Waals surface area contributed by atoms with Gasteiger partial charge in [-0.25, -0.2) is 0 Å². The predicted molar refractivity (Wildman–Crippen MR) is 60.4 cm³/mol. The standard InChI is InChI=1S/C12H20N2/c1-4-10(2)5-6-14-9-11-7-12(14)8-13(11)3/h4,11-12H,1-2,5-9H2,3H3. The molecule has 2 heterocycles. The molecular formula is C12H20N2. The molecule has 0 aromatic rings. The van der Waals surface area contributed by atoms with Crippen LogP contribution in [0.5, 0.6) is 0 Å². The Morgan fingerprint density at radius 2 is 2.21 bits per heavy atom. The van der Waals surface area contributed by atoms with E-state index in [1.807, 2.05) is 6.08 Å². The fraction of sp³-hybridized carbons (Fsp3) is 0.667. The van der Waals surface area contributed by atoms with Crippen molar-refractivity contribution in [2.24, 2.45) is 0 Å². The Labute approximate surface area is 86.9 Å². The second kappa shape index (κ2) is 3.87. The molecule has 0 saturated carbocycles. The third kappa shape index (κ3) is 1.77. The molecule has 0 aromatic heterocycles. The maximum absolute atomic E-state index is 3.96. The molecule has 78 valence electrons. The monoisotopic (exact) mass is 192 g/mol. The van der Waals surface area contributed by atoms with Gasteiger partial charge in [-0.3, -0.25) is 4.90 Å². The van der Waals surface area contributed by atoms with Crippen LogP contribution in [0.3, 0.4) is 0 Å². The zero-order valence-corrected chi connectivity index (χ0v) is 9.08. The van der Waals surface area contributed by atoms with Crippen molar-refractivity contribution in [2.45, 2.75) is 24.9 Å². The Kier molecular flexibility index (Phi) is 2.75. The highest BCUT2D eigenvalue weighted by atomic mass is 15.3. The van der Waals surface area contributed by atoms with Crippen LogP contribution in [-0.4, -0.2) is 48.6 Å². The first kappa shape index (κ1) is 9.94. The highest BCUT2D eigenvalue weighted by molar-refractivity contribution is 5.11. The van der Waals surface area contributed by atoms with Crippen molar-refractivity contribution in [1.29, 1.82) is 0 Å². The lowest BCUT2D eigenvalue weighted by Gasteiger charge is -2.31. The fourth-order valence-corrected chi connectivity index (χ4v) is 2.61. The van der Waals surface area contributed by atoms with E-state index in [9.17, 15) is 0 Å². The zero-order chi connectivity index (χ0) is 10.1.